The van der Waals surface area contributed by atoms with Crippen molar-refractivity contribution < 1.29 is 4.79 Å². The topological polar surface area (TPSA) is 41.5 Å². The van der Waals surface area contributed by atoms with E-state index in [0.717, 1.165) is 12.3 Å². The molecule has 94 valence electrons. The minimum atomic E-state index is -0.223. The van der Waals surface area contributed by atoms with E-state index >= 15 is 0 Å². The van der Waals surface area contributed by atoms with Gasteiger partial charge in [-0.3, -0.25) is 9.79 Å². The van der Waals surface area contributed by atoms with E-state index < -0.39 is 0 Å². The molecule has 0 fully saturated rings. The number of hydrogen-bond acceptors (Lipinski definition) is 3. The Morgan fingerprint density at radius 2 is 2.28 bits per heavy atom. The summed E-state index contributed by atoms with van der Waals surface area (Å²) in [6.07, 6.45) is 3.04. The number of thioether (sulfide) groups is 1. The first-order valence-electron chi connectivity index (χ1n) is 5.26. The number of carbonyl (C=O) groups is 1. The Morgan fingerprint density at radius 1 is 1.44 bits per heavy atom. The number of amidine groups is 1. The lowest BCUT2D eigenvalue weighted by Crippen LogP contribution is -2.25. The lowest BCUT2D eigenvalue weighted by atomic mass is 10.2. The maximum absolute atomic E-state index is 11.6. The minimum absolute atomic E-state index is 0.223. The molecule has 1 aliphatic heterocycles. The zero-order chi connectivity index (χ0) is 13.0. The van der Waals surface area contributed by atoms with Gasteiger partial charge in [0.15, 0.2) is 5.17 Å². The predicted molar refractivity (Wildman–Crippen MR) is 78.4 cm³/mol. The summed E-state index contributed by atoms with van der Waals surface area (Å²) in [5, 5.41) is 4.49. The van der Waals surface area contributed by atoms with Crippen LogP contribution >= 0.6 is 35.0 Å². The van der Waals surface area contributed by atoms with Crippen LogP contribution in [0.3, 0.4) is 0 Å². The largest absolute Gasteiger partial charge is 0.302 e. The molecule has 18 heavy (non-hydrogen) atoms. The van der Waals surface area contributed by atoms with Gasteiger partial charge in [-0.2, -0.15) is 0 Å². The second-order valence-corrected chi connectivity index (χ2v) is 5.45. The molecule has 2 rings (SSSR count). The number of amides is 1. The first-order chi connectivity index (χ1) is 8.65. The van der Waals surface area contributed by atoms with Crippen LogP contribution in [0.4, 0.5) is 0 Å². The van der Waals surface area contributed by atoms with Crippen molar-refractivity contribution >= 4 is 52.1 Å². The second-order valence-electron chi connectivity index (χ2n) is 3.52. The van der Waals surface area contributed by atoms with Crippen molar-refractivity contribution in [3.8, 4) is 0 Å². The Hall–Kier alpha value is -0.970. The number of hydrogen-bond donors (Lipinski definition) is 1. The van der Waals surface area contributed by atoms with E-state index in [4.69, 9.17) is 23.2 Å². The molecule has 1 heterocycles. The van der Waals surface area contributed by atoms with Gasteiger partial charge in [0, 0.05) is 21.9 Å². The van der Waals surface area contributed by atoms with Crippen LogP contribution in [0.1, 0.15) is 5.56 Å². The zero-order valence-corrected chi connectivity index (χ0v) is 11.6. The fraction of sp³-hybridized carbons (Fsp3) is 0.167. The third-order valence-electron chi connectivity index (χ3n) is 2.19. The molecule has 0 unspecified atom stereocenters. The van der Waals surface area contributed by atoms with E-state index in [1.54, 1.807) is 24.3 Å². The molecule has 1 aromatic rings. The molecule has 0 spiro atoms. The molecule has 1 amide bonds. The third-order valence-corrected chi connectivity index (χ3v) is 3.66. The number of benzene rings is 1. The van der Waals surface area contributed by atoms with E-state index in [2.05, 4.69) is 10.3 Å². The molecule has 0 saturated heterocycles. The van der Waals surface area contributed by atoms with Gasteiger partial charge >= 0.3 is 0 Å². The standard InChI is InChI=1S/C12H10Cl2N2OS/c13-9-2-3-10(14)8(7-9)1-4-11(17)16-12-15-5-6-18-12/h1-4,7H,5-6H2,(H,15,16,17)/b4-1+. The summed E-state index contributed by atoms with van der Waals surface area (Å²) in [7, 11) is 0. The highest BCUT2D eigenvalue weighted by Crippen LogP contribution is 2.21. The molecule has 0 aromatic heterocycles. The van der Waals surface area contributed by atoms with Crippen LogP contribution in [-0.2, 0) is 4.79 Å². The molecule has 1 N–H and O–H groups in total. The fourth-order valence-electron chi connectivity index (χ4n) is 1.37. The van der Waals surface area contributed by atoms with Crippen molar-refractivity contribution in [3.05, 3.63) is 39.9 Å². The third kappa shape index (κ3) is 3.77. The molecule has 0 radical (unpaired) electrons. The van der Waals surface area contributed by atoms with Gasteiger partial charge in [-0.15, -0.1) is 0 Å². The first kappa shape index (κ1) is 13.5. The van der Waals surface area contributed by atoms with Crippen molar-refractivity contribution in [2.45, 2.75) is 0 Å². The van der Waals surface area contributed by atoms with Gasteiger partial charge in [0.2, 0.25) is 5.91 Å². The molecule has 1 aliphatic rings. The number of nitrogens with zero attached hydrogens (tertiary/aromatic N) is 1. The molecular formula is C12H10Cl2N2OS. The van der Waals surface area contributed by atoms with Crippen molar-refractivity contribution in [1.82, 2.24) is 5.32 Å². The summed E-state index contributed by atoms with van der Waals surface area (Å²) in [6.45, 7) is 0.754. The summed E-state index contributed by atoms with van der Waals surface area (Å²) in [5.41, 5.74) is 0.709. The Balaban J connectivity index is 2.01. The van der Waals surface area contributed by atoms with Crippen LogP contribution in [-0.4, -0.2) is 23.4 Å². The Morgan fingerprint density at radius 3 is 3.00 bits per heavy atom. The summed E-state index contributed by atoms with van der Waals surface area (Å²) >= 11 is 13.4. The van der Waals surface area contributed by atoms with Crippen LogP contribution < -0.4 is 5.32 Å². The van der Waals surface area contributed by atoms with Crippen LogP contribution in [0.15, 0.2) is 29.3 Å². The summed E-state index contributed by atoms with van der Waals surface area (Å²) in [4.78, 5) is 15.7. The summed E-state index contributed by atoms with van der Waals surface area (Å²) in [5.74, 6) is 0.693. The Bertz CT molecular complexity index is 529. The van der Waals surface area contributed by atoms with Gasteiger partial charge in [-0.1, -0.05) is 35.0 Å². The van der Waals surface area contributed by atoms with Crippen LogP contribution in [0.5, 0.6) is 0 Å². The number of aliphatic imine (C=N–C) groups is 1. The van der Waals surface area contributed by atoms with Crippen LogP contribution in [0.2, 0.25) is 10.0 Å². The molecule has 1 aromatic carbocycles. The van der Waals surface area contributed by atoms with Crippen LogP contribution in [0, 0.1) is 0 Å². The Kier molecular flexibility index (Phi) is 4.69. The molecule has 0 saturated carbocycles. The lowest BCUT2D eigenvalue weighted by molar-refractivity contribution is -0.115. The highest BCUT2D eigenvalue weighted by Gasteiger charge is 2.08. The van der Waals surface area contributed by atoms with Gasteiger partial charge in [0.05, 0.1) is 6.54 Å². The molecule has 6 heteroatoms. The highest BCUT2D eigenvalue weighted by atomic mass is 35.5. The van der Waals surface area contributed by atoms with Gasteiger partial charge in [-0.25, -0.2) is 0 Å². The van der Waals surface area contributed by atoms with Crippen molar-refractivity contribution in [1.29, 1.82) is 0 Å². The van der Waals surface area contributed by atoms with Crippen LogP contribution in [0.25, 0.3) is 6.08 Å². The van der Waals surface area contributed by atoms with Crippen molar-refractivity contribution in [2.24, 2.45) is 4.99 Å². The second kappa shape index (κ2) is 6.27. The molecule has 0 aliphatic carbocycles. The summed E-state index contributed by atoms with van der Waals surface area (Å²) in [6, 6.07) is 5.10. The average Bonchev–Trinajstić information content (AvgIpc) is 2.83. The van der Waals surface area contributed by atoms with Crippen molar-refractivity contribution in [3.63, 3.8) is 0 Å². The number of rotatable bonds is 2. The van der Waals surface area contributed by atoms with E-state index in [0.29, 0.717) is 20.8 Å². The molecular weight excluding hydrogens is 291 g/mol. The quantitative estimate of drug-likeness (QED) is 0.852. The maximum atomic E-state index is 11.6. The van der Waals surface area contributed by atoms with Gasteiger partial charge < -0.3 is 5.32 Å². The first-order valence-corrected chi connectivity index (χ1v) is 7.00. The van der Waals surface area contributed by atoms with E-state index in [9.17, 15) is 4.79 Å². The molecule has 0 bridgehead atoms. The number of nitrogens with one attached hydrogen (secondary N) is 1. The number of halogens is 2. The normalized spacial score (nSPS) is 14.9. The molecule has 3 nitrogen and oxygen atoms in total. The monoisotopic (exact) mass is 300 g/mol. The highest BCUT2D eigenvalue weighted by molar-refractivity contribution is 8.14. The zero-order valence-electron chi connectivity index (χ0n) is 9.32. The predicted octanol–water partition coefficient (Wildman–Crippen LogP) is 3.23. The summed E-state index contributed by atoms with van der Waals surface area (Å²) < 4.78 is 0. The van der Waals surface area contributed by atoms with E-state index in [1.807, 2.05) is 0 Å². The number of carbonyl (C=O) groups excluding carboxylic acids is 1. The van der Waals surface area contributed by atoms with E-state index in [-0.39, 0.29) is 5.91 Å². The maximum Gasteiger partial charge on any atom is 0.249 e. The van der Waals surface area contributed by atoms with Gasteiger partial charge in [-0.05, 0) is 29.8 Å². The lowest BCUT2D eigenvalue weighted by Gasteiger charge is -2.00. The fourth-order valence-corrected chi connectivity index (χ4v) is 2.46. The Labute approximate surface area is 119 Å². The van der Waals surface area contributed by atoms with Crippen molar-refractivity contribution in [2.75, 3.05) is 12.3 Å². The minimum Gasteiger partial charge on any atom is -0.302 e. The average molecular weight is 301 g/mol. The SMILES string of the molecule is O=C(/C=C/c1cc(Cl)ccc1Cl)NC1=NCCS1. The van der Waals surface area contributed by atoms with Gasteiger partial charge in [0.1, 0.15) is 0 Å². The molecule has 0 atom stereocenters. The van der Waals surface area contributed by atoms with E-state index in [1.165, 1.54) is 17.8 Å². The smallest absolute Gasteiger partial charge is 0.249 e. The van der Waals surface area contributed by atoms with Gasteiger partial charge in [0.25, 0.3) is 0 Å².